The monoisotopic (exact) mass is 319 g/mol. The van der Waals surface area contributed by atoms with E-state index in [0.29, 0.717) is 4.34 Å². The molecule has 0 radical (unpaired) electrons. The molecule has 110 valence electrons. The minimum Gasteiger partial charge on any atom is -0.480 e. The summed E-state index contributed by atoms with van der Waals surface area (Å²) in [4.78, 5) is 34.1. The van der Waals surface area contributed by atoms with E-state index in [1.165, 1.54) is 11.3 Å². The van der Waals surface area contributed by atoms with Crippen LogP contribution in [0.25, 0.3) is 0 Å². The molecular formula is C11H14ClN3O4S. The maximum absolute atomic E-state index is 11.7. The number of hydrogen-bond donors (Lipinski definition) is 4. The van der Waals surface area contributed by atoms with Crippen LogP contribution in [0.15, 0.2) is 12.1 Å². The number of carbonyl (C=O) groups excluding carboxylic acids is 2. The fourth-order valence-electron chi connectivity index (χ4n) is 1.43. The van der Waals surface area contributed by atoms with E-state index in [1.807, 2.05) is 0 Å². The first-order chi connectivity index (χ1) is 9.29. The zero-order chi connectivity index (χ0) is 15.3. The maximum atomic E-state index is 11.7. The second-order valence-corrected chi connectivity index (χ2v) is 5.79. The van der Waals surface area contributed by atoms with E-state index in [1.54, 1.807) is 19.1 Å². The first-order valence-electron chi connectivity index (χ1n) is 5.63. The fourth-order valence-corrected chi connectivity index (χ4v) is 2.49. The van der Waals surface area contributed by atoms with Gasteiger partial charge >= 0.3 is 12.0 Å². The van der Waals surface area contributed by atoms with E-state index < -0.39 is 30.4 Å². The van der Waals surface area contributed by atoms with Crippen molar-refractivity contribution in [3.05, 3.63) is 21.3 Å². The number of thiophene rings is 1. The molecule has 2 atom stereocenters. The summed E-state index contributed by atoms with van der Waals surface area (Å²) in [5.41, 5.74) is 4.91. The van der Waals surface area contributed by atoms with Crippen LogP contribution in [0.3, 0.4) is 0 Å². The van der Waals surface area contributed by atoms with Crippen LogP contribution < -0.4 is 16.4 Å². The summed E-state index contributed by atoms with van der Waals surface area (Å²) in [6, 6.07) is 1.07. The number of rotatable bonds is 6. The SMILES string of the molecule is CC(NC(=O)N[C@@H](CC(N)=O)C(=O)O)c1ccc(Cl)s1. The van der Waals surface area contributed by atoms with Gasteiger partial charge in [-0.3, -0.25) is 4.79 Å². The Kier molecular flexibility index (Phi) is 5.78. The lowest BCUT2D eigenvalue weighted by Gasteiger charge is -2.16. The van der Waals surface area contributed by atoms with E-state index >= 15 is 0 Å². The molecule has 7 nitrogen and oxygen atoms in total. The molecule has 1 rings (SSSR count). The number of nitrogens with one attached hydrogen (secondary N) is 2. The van der Waals surface area contributed by atoms with Gasteiger partial charge in [0.25, 0.3) is 0 Å². The summed E-state index contributed by atoms with van der Waals surface area (Å²) in [7, 11) is 0. The van der Waals surface area contributed by atoms with Crippen molar-refractivity contribution in [2.75, 3.05) is 0 Å². The van der Waals surface area contributed by atoms with Gasteiger partial charge < -0.3 is 21.5 Å². The van der Waals surface area contributed by atoms with Crippen LogP contribution in [0, 0.1) is 0 Å². The Labute approximate surface area is 124 Å². The molecule has 1 aromatic heterocycles. The number of aliphatic carboxylic acids is 1. The van der Waals surface area contributed by atoms with Crippen LogP contribution in [0.4, 0.5) is 4.79 Å². The van der Waals surface area contributed by atoms with Gasteiger partial charge in [-0.2, -0.15) is 0 Å². The number of halogens is 1. The second kappa shape index (κ2) is 7.11. The van der Waals surface area contributed by atoms with Gasteiger partial charge in [-0.1, -0.05) is 11.6 Å². The third kappa shape index (κ3) is 5.06. The summed E-state index contributed by atoms with van der Waals surface area (Å²) < 4.78 is 0.589. The molecule has 0 aliphatic heterocycles. The first-order valence-corrected chi connectivity index (χ1v) is 6.82. The number of hydrogen-bond acceptors (Lipinski definition) is 4. The quantitative estimate of drug-likeness (QED) is 0.627. The highest BCUT2D eigenvalue weighted by Crippen LogP contribution is 2.26. The summed E-state index contributed by atoms with van der Waals surface area (Å²) in [5, 5.41) is 13.6. The number of urea groups is 1. The molecule has 5 N–H and O–H groups in total. The highest BCUT2D eigenvalue weighted by molar-refractivity contribution is 7.16. The third-order valence-electron chi connectivity index (χ3n) is 2.38. The molecular weight excluding hydrogens is 306 g/mol. The lowest BCUT2D eigenvalue weighted by molar-refractivity contribution is -0.140. The van der Waals surface area contributed by atoms with Crippen LogP contribution in [0.2, 0.25) is 4.34 Å². The Bertz CT molecular complexity index is 520. The molecule has 0 saturated carbocycles. The molecule has 9 heteroatoms. The van der Waals surface area contributed by atoms with Crippen LogP contribution in [0.5, 0.6) is 0 Å². The topological polar surface area (TPSA) is 122 Å². The van der Waals surface area contributed by atoms with Gasteiger partial charge in [-0.25, -0.2) is 9.59 Å². The number of amides is 3. The number of carbonyl (C=O) groups is 3. The number of primary amides is 1. The van der Waals surface area contributed by atoms with Crippen LogP contribution in [-0.4, -0.2) is 29.1 Å². The van der Waals surface area contributed by atoms with Crippen molar-refractivity contribution in [1.82, 2.24) is 10.6 Å². The largest absolute Gasteiger partial charge is 0.480 e. The van der Waals surface area contributed by atoms with Gasteiger partial charge in [0.05, 0.1) is 16.8 Å². The molecule has 20 heavy (non-hydrogen) atoms. The predicted molar refractivity (Wildman–Crippen MR) is 74.6 cm³/mol. The Hall–Kier alpha value is -1.80. The van der Waals surface area contributed by atoms with E-state index in [0.717, 1.165) is 4.88 Å². The zero-order valence-electron chi connectivity index (χ0n) is 10.6. The average Bonchev–Trinajstić information content (AvgIpc) is 2.74. The molecule has 0 aliphatic carbocycles. The molecule has 0 aliphatic rings. The molecule has 3 amide bonds. The van der Waals surface area contributed by atoms with E-state index in [4.69, 9.17) is 22.4 Å². The standard InChI is InChI=1S/C11H14ClN3O4S/c1-5(7-2-3-8(12)20-7)14-11(19)15-6(10(17)18)4-9(13)16/h2-3,5-6H,4H2,1H3,(H2,13,16)(H,17,18)(H2,14,15,19)/t5?,6-/m0/s1. The number of carboxylic acid groups (broad SMARTS) is 1. The highest BCUT2D eigenvalue weighted by atomic mass is 35.5. The Morgan fingerprint density at radius 3 is 2.50 bits per heavy atom. The van der Waals surface area contributed by atoms with Crippen molar-refractivity contribution in [3.8, 4) is 0 Å². The molecule has 1 unspecified atom stereocenters. The normalized spacial score (nSPS) is 13.3. The van der Waals surface area contributed by atoms with Gasteiger partial charge in [0.1, 0.15) is 6.04 Å². The number of nitrogens with two attached hydrogens (primary N) is 1. The smallest absolute Gasteiger partial charge is 0.326 e. The van der Waals surface area contributed by atoms with E-state index in [2.05, 4.69) is 10.6 Å². The Balaban J connectivity index is 2.57. The minimum absolute atomic E-state index is 0.337. The van der Waals surface area contributed by atoms with E-state index in [9.17, 15) is 14.4 Å². The molecule has 0 saturated heterocycles. The third-order valence-corrected chi connectivity index (χ3v) is 3.79. The first kappa shape index (κ1) is 16.3. The highest BCUT2D eigenvalue weighted by Gasteiger charge is 2.23. The molecule has 0 bridgehead atoms. The Morgan fingerprint density at radius 1 is 1.40 bits per heavy atom. The van der Waals surface area contributed by atoms with Crippen molar-refractivity contribution < 1.29 is 19.5 Å². The van der Waals surface area contributed by atoms with Crippen molar-refractivity contribution >= 4 is 40.8 Å². The summed E-state index contributed by atoms with van der Waals surface area (Å²) in [6.07, 6.45) is -0.470. The number of carboxylic acids is 1. The van der Waals surface area contributed by atoms with Gasteiger partial charge in [0.2, 0.25) is 5.91 Å². The molecule has 0 spiro atoms. The molecule has 1 aromatic rings. The second-order valence-electron chi connectivity index (χ2n) is 4.04. The van der Waals surface area contributed by atoms with E-state index in [-0.39, 0.29) is 6.04 Å². The van der Waals surface area contributed by atoms with Crippen molar-refractivity contribution in [1.29, 1.82) is 0 Å². The summed E-state index contributed by atoms with van der Waals surface area (Å²) in [5.74, 6) is -2.14. The van der Waals surface area contributed by atoms with Crippen LogP contribution in [-0.2, 0) is 9.59 Å². The van der Waals surface area contributed by atoms with Crippen LogP contribution in [0.1, 0.15) is 24.3 Å². The summed E-state index contributed by atoms with van der Waals surface area (Å²) in [6.45, 7) is 1.73. The van der Waals surface area contributed by atoms with Gasteiger partial charge in [0, 0.05) is 4.88 Å². The lowest BCUT2D eigenvalue weighted by atomic mass is 10.2. The van der Waals surface area contributed by atoms with Gasteiger partial charge in [-0.05, 0) is 19.1 Å². The van der Waals surface area contributed by atoms with Gasteiger partial charge in [0.15, 0.2) is 0 Å². The van der Waals surface area contributed by atoms with Crippen molar-refractivity contribution in [2.24, 2.45) is 5.73 Å². The molecule has 0 fully saturated rings. The van der Waals surface area contributed by atoms with Gasteiger partial charge in [-0.15, -0.1) is 11.3 Å². The van der Waals surface area contributed by atoms with Crippen LogP contribution >= 0.6 is 22.9 Å². The molecule has 1 heterocycles. The predicted octanol–water partition coefficient (Wildman–Crippen LogP) is 1.09. The molecule has 0 aromatic carbocycles. The minimum atomic E-state index is -1.35. The summed E-state index contributed by atoms with van der Waals surface area (Å²) >= 11 is 7.09. The fraction of sp³-hybridized carbons (Fsp3) is 0.364. The lowest BCUT2D eigenvalue weighted by Crippen LogP contribution is -2.48. The zero-order valence-corrected chi connectivity index (χ0v) is 12.1. The Morgan fingerprint density at radius 2 is 2.05 bits per heavy atom. The maximum Gasteiger partial charge on any atom is 0.326 e. The van der Waals surface area contributed by atoms with Crippen molar-refractivity contribution in [3.63, 3.8) is 0 Å². The van der Waals surface area contributed by atoms with Crippen molar-refractivity contribution in [2.45, 2.75) is 25.4 Å². The average molecular weight is 320 g/mol.